The molecule has 0 aliphatic carbocycles. The lowest BCUT2D eigenvalue weighted by molar-refractivity contribution is 0.269. The lowest BCUT2D eigenvalue weighted by Gasteiger charge is -2.33. The van der Waals surface area contributed by atoms with Crippen LogP contribution in [0, 0.1) is 12.3 Å². The van der Waals surface area contributed by atoms with Crippen molar-refractivity contribution in [3.63, 3.8) is 0 Å². The molecule has 0 aliphatic rings. The van der Waals surface area contributed by atoms with E-state index in [9.17, 15) is 8.42 Å². The Balaban J connectivity index is 3.31. The van der Waals surface area contributed by atoms with Gasteiger partial charge < -0.3 is 0 Å². The highest BCUT2D eigenvalue weighted by molar-refractivity contribution is 9.10. The van der Waals surface area contributed by atoms with Crippen LogP contribution in [0.2, 0.25) is 0 Å². The van der Waals surface area contributed by atoms with Crippen LogP contribution in [-0.4, -0.2) is 14.0 Å². The summed E-state index contributed by atoms with van der Waals surface area (Å²) in [7, 11) is -3.58. The van der Waals surface area contributed by atoms with Crippen molar-refractivity contribution in [3.05, 3.63) is 27.7 Å². The molecule has 23 heavy (non-hydrogen) atoms. The zero-order chi connectivity index (χ0) is 18.2. The Kier molecular flexibility index (Phi) is 6.15. The fraction of sp³-hybridized carbons (Fsp3) is 0.667. The van der Waals surface area contributed by atoms with Crippen LogP contribution in [0.15, 0.2) is 21.5 Å². The second-order valence-corrected chi connectivity index (χ2v) is 11.0. The molecule has 0 atom stereocenters. The maximum atomic E-state index is 13.0. The largest absolute Gasteiger partial charge is 0.241 e. The van der Waals surface area contributed by atoms with Gasteiger partial charge >= 0.3 is 0 Å². The summed E-state index contributed by atoms with van der Waals surface area (Å²) in [5, 5.41) is 0. The second kappa shape index (κ2) is 6.85. The molecule has 0 aromatic heterocycles. The summed E-state index contributed by atoms with van der Waals surface area (Å²) in [5.41, 5.74) is 1.29. The van der Waals surface area contributed by atoms with Gasteiger partial charge in [0.2, 0.25) is 10.0 Å². The van der Waals surface area contributed by atoms with Gasteiger partial charge in [-0.15, -0.1) is 0 Å². The van der Waals surface area contributed by atoms with Crippen LogP contribution in [0.1, 0.15) is 71.9 Å². The Morgan fingerprint density at radius 3 is 2.09 bits per heavy atom. The molecule has 0 radical (unpaired) electrons. The number of aryl methyl sites for hydroxylation is 1. The van der Waals surface area contributed by atoms with Gasteiger partial charge in [-0.2, -0.15) is 0 Å². The lowest BCUT2D eigenvalue weighted by Crippen LogP contribution is -2.45. The molecule has 0 amide bonds. The molecule has 0 bridgehead atoms. The van der Waals surface area contributed by atoms with E-state index in [-0.39, 0.29) is 11.3 Å². The van der Waals surface area contributed by atoms with Crippen LogP contribution in [0.4, 0.5) is 0 Å². The van der Waals surface area contributed by atoms with Crippen molar-refractivity contribution in [2.45, 2.75) is 78.2 Å². The lowest BCUT2D eigenvalue weighted by atomic mass is 9.82. The van der Waals surface area contributed by atoms with E-state index >= 15 is 0 Å². The fourth-order valence-corrected chi connectivity index (χ4v) is 5.34. The van der Waals surface area contributed by atoms with Crippen molar-refractivity contribution < 1.29 is 8.42 Å². The second-order valence-electron chi connectivity index (χ2n) is 8.52. The summed E-state index contributed by atoms with van der Waals surface area (Å²) in [6.45, 7) is 16.2. The average molecular weight is 404 g/mol. The van der Waals surface area contributed by atoms with Gasteiger partial charge in [-0.25, -0.2) is 13.1 Å². The number of rotatable bonds is 5. The molecule has 1 rings (SSSR count). The predicted octanol–water partition coefficient (Wildman–Crippen LogP) is 5.37. The van der Waals surface area contributed by atoms with E-state index in [1.54, 1.807) is 6.07 Å². The van der Waals surface area contributed by atoms with Crippen molar-refractivity contribution in [2.75, 3.05) is 0 Å². The van der Waals surface area contributed by atoms with Crippen molar-refractivity contribution in [1.82, 2.24) is 4.72 Å². The van der Waals surface area contributed by atoms with Crippen molar-refractivity contribution >= 4 is 26.0 Å². The normalized spacial score (nSPS) is 13.7. The smallest absolute Gasteiger partial charge is 0.207 e. The summed E-state index contributed by atoms with van der Waals surface area (Å²) >= 11 is 3.50. The monoisotopic (exact) mass is 403 g/mol. The van der Waals surface area contributed by atoms with E-state index in [1.165, 1.54) is 0 Å². The molecule has 132 valence electrons. The molecule has 1 aromatic rings. The maximum absolute atomic E-state index is 13.0. The third-order valence-corrected chi connectivity index (χ3v) is 6.19. The van der Waals surface area contributed by atoms with E-state index in [1.807, 2.05) is 40.7 Å². The van der Waals surface area contributed by atoms with E-state index in [0.29, 0.717) is 4.90 Å². The SMILES string of the molecule is Cc1cc(S(=O)(=O)NC(C)(C)CC(C)(C)C)c(C(C)C)cc1Br. The van der Waals surface area contributed by atoms with Crippen LogP contribution in [0.25, 0.3) is 0 Å². The molecule has 0 heterocycles. The number of halogens is 1. The van der Waals surface area contributed by atoms with E-state index in [0.717, 1.165) is 22.0 Å². The first-order valence-corrected chi connectivity index (χ1v) is 10.3. The number of benzene rings is 1. The summed E-state index contributed by atoms with van der Waals surface area (Å²) in [4.78, 5) is 0.384. The first kappa shape index (κ1) is 20.7. The third-order valence-electron chi connectivity index (χ3n) is 3.59. The standard InChI is InChI=1S/C18H30BrNO2S/c1-12(2)14-10-15(19)13(3)9-16(14)23(21,22)20-18(7,8)11-17(4,5)6/h9-10,12,20H,11H2,1-8H3. The molecule has 0 saturated heterocycles. The van der Waals surface area contributed by atoms with Gasteiger partial charge in [0.25, 0.3) is 0 Å². The Morgan fingerprint density at radius 2 is 1.65 bits per heavy atom. The molecule has 0 spiro atoms. The Morgan fingerprint density at radius 1 is 1.13 bits per heavy atom. The first-order chi connectivity index (χ1) is 10.1. The zero-order valence-electron chi connectivity index (χ0n) is 15.5. The van der Waals surface area contributed by atoms with Crippen LogP contribution in [0.3, 0.4) is 0 Å². The topological polar surface area (TPSA) is 46.2 Å². The average Bonchev–Trinajstić information content (AvgIpc) is 2.26. The highest BCUT2D eigenvalue weighted by atomic mass is 79.9. The quantitative estimate of drug-likeness (QED) is 0.717. The van der Waals surface area contributed by atoms with Gasteiger partial charge in [0.15, 0.2) is 0 Å². The van der Waals surface area contributed by atoms with Gasteiger partial charge in [-0.3, -0.25) is 0 Å². The molecule has 0 unspecified atom stereocenters. The highest BCUT2D eigenvalue weighted by Crippen LogP contribution is 2.32. The molecule has 0 fully saturated rings. The summed E-state index contributed by atoms with van der Waals surface area (Å²) in [6.07, 6.45) is 0.756. The third kappa shape index (κ3) is 5.87. The zero-order valence-corrected chi connectivity index (χ0v) is 17.9. The summed E-state index contributed by atoms with van der Waals surface area (Å²) < 4.78 is 29.8. The van der Waals surface area contributed by atoms with Crippen LogP contribution >= 0.6 is 15.9 Å². The number of hydrogen-bond donors (Lipinski definition) is 1. The summed E-state index contributed by atoms with van der Waals surface area (Å²) in [6, 6.07) is 3.68. The van der Waals surface area contributed by atoms with Crippen LogP contribution < -0.4 is 4.72 Å². The predicted molar refractivity (Wildman–Crippen MR) is 101 cm³/mol. The highest BCUT2D eigenvalue weighted by Gasteiger charge is 2.32. The molecule has 5 heteroatoms. The van der Waals surface area contributed by atoms with Crippen LogP contribution in [0.5, 0.6) is 0 Å². The molecule has 0 aliphatic heterocycles. The van der Waals surface area contributed by atoms with E-state index in [4.69, 9.17) is 0 Å². The van der Waals surface area contributed by atoms with Gasteiger partial charge in [0.05, 0.1) is 4.90 Å². The van der Waals surface area contributed by atoms with Gasteiger partial charge in [-0.1, -0.05) is 50.5 Å². The molecule has 1 N–H and O–H groups in total. The fourth-order valence-electron chi connectivity index (χ4n) is 3.13. The minimum Gasteiger partial charge on any atom is -0.207 e. The molecular weight excluding hydrogens is 374 g/mol. The summed E-state index contributed by atoms with van der Waals surface area (Å²) in [5.74, 6) is 0.129. The minimum atomic E-state index is -3.58. The van der Waals surface area contributed by atoms with Crippen molar-refractivity contribution in [3.8, 4) is 0 Å². The van der Waals surface area contributed by atoms with Gasteiger partial charge in [-0.05, 0) is 61.8 Å². The number of nitrogens with one attached hydrogen (secondary N) is 1. The Bertz CT molecular complexity index is 671. The van der Waals surface area contributed by atoms with Crippen molar-refractivity contribution in [2.24, 2.45) is 5.41 Å². The van der Waals surface area contributed by atoms with Gasteiger partial charge in [0, 0.05) is 10.0 Å². The molecule has 3 nitrogen and oxygen atoms in total. The van der Waals surface area contributed by atoms with E-state index in [2.05, 4.69) is 41.4 Å². The van der Waals surface area contributed by atoms with Gasteiger partial charge in [0.1, 0.15) is 0 Å². The number of sulfonamides is 1. The number of hydrogen-bond acceptors (Lipinski definition) is 2. The van der Waals surface area contributed by atoms with E-state index < -0.39 is 15.6 Å². The van der Waals surface area contributed by atoms with Crippen LogP contribution in [-0.2, 0) is 10.0 Å². The molecule has 0 saturated carbocycles. The minimum absolute atomic E-state index is 0.0442. The Hall–Kier alpha value is -0.390. The first-order valence-electron chi connectivity index (χ1n) is 7.99. The Labute approximate surface area is 150 Å². The molecular formula is C18H30BrNO2S. The maximum Gasteiger partial charge on any atom is 0.241 e. The molecule has 1 aromatic carbocycles. The van der Waals surface area contributed by atoms with Crippen molar-refractivity contribution in [1.29, 1.82) is 0 Å².